The van der Waals surface area contributed by atoms with Crippen molar-refractivity contribution in [3.05, 3.63) is 81.3 Å². The van der Waals surface area contributed by atoms with Crippen molar-refractivity contribution in [1.29, 1.82) is 0 Å². The first-order valence-corrected chi connectivity index (χ1v) is 11.0. The topological polar surface area (TPSA) is 41.5 Å². The van der Waals surface area contributed by atoms with Crippen LogP contribution in [-0.2, 0) is 4.79 Å². The fraction of sp³-hybridized carbons (Fsp3) is 0. The largest absolute Gasteiger partial charge is 0.300 e. The van der Waals surface area contributed by atoms with Gasteiger partial charge in [0.25, 0.3) is 5.91 Å². The Morgan fingerprint density at radius 1 is 1.04 bits per heavy atom. The van der Waals surface area contributed by atoms with Gasteiger partial charge in [0.15, 0.2) is 5.17 Å². The van der Waals surface area contributed by atoms with E-state index in [0.717, 1.165) is 14.0 Å². The molecule has 2 heterocycles. The molecule has 1 aliphatic heterocycles. The van der Waals surface area contributed by atoms with Gasteiger partial charge in [0, 0.05) is 14.8 Å². The lowest BCUT2D eigenvalue weighted by Crippen LogP contribution is -2.19. The van der Waals surface area contributed by atoms with Crippen molar-refractivity contribution in [1.82, 2.24) is 5.32 Å². The van der Waals surface area contributed by atoms with Crippen molar-refractivity contribution in [2.45, 2.75) is 9.10 Å². The van der Waals surface area contributed by atoms with Gasteiger partial charge in [0.05, 0.1) is 14.8 Å². The molecule has 0 saturated carbocycles. The van der Waals surface area contributed by atoms with Crippen LogP contribution in [0.25, 0.3) is 6.08 Å². The van der Waals surface area contributed by atoms with E-state index >= 15 is 0 Å². The van der Waals surface area contributed by atoms with E-state index in [9.17, 15) is 9.18 Å². The molecule has 0 radical (unpaired) electrons. The Kier molecular flexibility index (Phi) is 5.87. The average molecular weight is 447 g/mol. The minimum absolute atomic E-state index is 0.189. The fourth-order valence-corrected chi connectivity index (χ4v) is 5.43. The van der Waals surface area contributed by atoms with E-state index in [4.69, 9.17) is 11.6 Å². The Hall–Kier alpha value is -2.06. The molecule has 3 nitrogen and oxygen atoms in total. The van der Waals surface area contributed by atoms with Gasteiger partial charge < -0.3 is 5.32 Å². The Balaban J connectivity index is 1.47. The van der Waals surface area contributed by atoms with Gasteiger partial charge in [-0.05, 0) is 78.5 Å². The minimum atomic E-state index is -0.322. The molecule has 1 aromatic heterocycles. The van der Waals surface area contributed by atoms with Crippen LogP contribution in [0, 0.1) is 5.82 Å². The zero-order chi connectivity index (χ0) is 19.5. The highest BCUT2D eigenvalue weighted by Gasteiger charge is 2.24. The van der Waals surface area contributed by atoms with E-state index in [2.05, 4.69) is 10.3 Å². The molecular formula is C20H12ClFN2OS3. The number of carbonyl (C=O) groups excluding carboxylic acids is 1. The summed E-state index contributed by atoms with van der Waals surface area (Å²) in [7, 11) is 0. The average Bonchev–Trinajstić information content (AvgIpc) is 3.26. The molecule has 0 bridgehead atoms. The molecule has 1 saturated heterocycles. The van der Waals surface area contributed by atoms with Crippen molar-refractivity contribution < 1.29 is 9.18 Å². The summed E-state index contributed by atoms with van der Waals surface area (Å²) in [5, 5.41) is 3.93. The van der Waals surface area contributed by atoms with E-state index in [1.165, 1.54) is 23.9 Å². The second kappa shape index (κ2) is 8.53. The monoisotopic (exact) mass is 446 g/mol. The summed E-state index contributed by atoms with van der Waals surface area (Å²) >= 11 is 10.4. The van der Waals surface area contributed by atoms with Gasteiger partial charge in [0.2, 0.25) is 0 Å². The molecule has 4 rings (SSSR count). The van der Waals surface area contributed by atoms with E-state index < -0.39 is 0 Å². The number of benzene rings is 2. The van der Waals surface area contributed by atoms with E-state index in [1.807, 2.05) is 42.5 Å². The summed E-state index contributed by atoms with van der Waals surface area (Å²) < 4.78 is 14.1. The fourth-order valence-electron chi connectivity index (χ4n) is 2.33. The number of amides is 1. The molecule has 8 heteroatoms. The van der Waals surface area contributed by atoms with Crippen molar-refractivity contribution in [3.8, 4) is 0 Å². The molecule has 1 fully saturated rings. The van der Waals surface area contributed by atoms with Crippen LogP contribution in [0.15, 0.2) is 79.7 Å². The maximum atomic E-state index is 13.0. The smallest absolute Gasteiger partial charge is 0.264 e. The number of halogens is 2. The van der Waals surface area contributed by atoms with Gasteiger partial charge in [-0.3, -0.25) is 4.79 Å². The van der Waals surface area contributed by atoms with Gasteiger partial charge in [0.1, 0.15) is 5.82 Å². The molecule has 0 unspecified atom stereocenters. The second-order valence-corrected chi connectivity index (χ2v) is 9.63. The van der Waals surface area contributed by atoms with Crippen LogP contribution in [0.1, 0.15) is 4.88 Å². The van der Waals surface area contributed by atoms with Gasteiger partial charge in [-0.2, -0.15) is 0 Å². The Morgan fingerprint density at radius 3 is 2.54 bits per heavy atom. The lowest BCUT2D eigenvalue weighted by atomic mass is 10.3. The van der Waals surface area contributed by atoms with Crippen molar-refractivity contribution in [3.63, 3.8) is 0 Å². The number of carbonyl (C=O) groups is 1. The van der Waals surface area contributed by atoms with Crippen LogP contribution < -0.4 is 5.32 Å². The highest BCUT2D eigenvalue weighted by Crippen LogP contribution is 2.36. The molecule has 28 heavy (non-hydrogen) atoms. The summed E-state index contributed by atoms with van der Waals surface area (Å²) in [6.45, 7) is 0. The Bertz CT molecular complexity index is 1080. The number of thiophene rings is 1. The molecule has 3 aromatic rings. The van der Waals surface area contributed by atoms with Crippen molar-refractivity contribution >= 4 is 69.3 Å². The van der Waals surface area contributed by atoms with E-state index in [1.54, 1.807) is 35.2 Å². The number of rotatable bonds is 4. The molecular weight excluding hydrogens is 435 g/mol. The van der Waals surface area contributed by atoms with Gasteiger partial charge in [-0.15, -0.1) is 11.3 Å². The number of aliphatic imine (C=N–C) groups is 1. The van der Waals surface area contributed by atoms with Crippen LogP contribution in [0.2, 0.25) is 5.02 Å². The lowest BCUT2D eigenvalue weighted by molar-refractivity contribution is -0.115. The molecule has 0 spiro atoms. The molecule has 2 aromatic carbocycles. The first-order valence-electron chi connectivity index (χ1n) is 8.13. The number of hydrogen-bond donors (Lipinski definition) is 1. The number of nitrogens with zero attached hydrogens (tertiary/aromatic N) is 1. The van der Waals surface area contributed by atoms with Crippen molar-refractivity contribution in [2.75, 3.05) is 0 Å². The number of nitrogens with one attached hydrogen (secondary N) is 1. The Labute approximate surface area is 178 Å². The summed E-state index contributed by atoms with van der Waals surface area (Å²) in [6, 6.07) is 17.5. The van der Waals surface area contributed by atoms with Gasteiger partial charge in [-0.1, -0.05) is 23.4 Å². The molecule has 0 aliphatic carbocycles. The SMILES string of the molecule is O=C1NC(=Nc2ccc(F)cc2)S/C1=C/c1ccc(Sc2ccc(Cl)cc2)s1. The van der Waals surface area contributed by atoms with E-state index in [0.29, 0.717) is 20.8 Å². The minimum Gasteiger partial charge on any atom is -0.300 e. The number of thioether (sulfide) groups is 1. The van der Waals surface area contributed by atoms with Crippen LogP contribution >= 0.6 is 46.5 Å². The van der Waals surface area contributed by atoms with E-state index in [-0.39, 0.29) is 11.7 Å². The molecule has 1 aliphatic rings. The third kappa shape index (κ3) is 4.86. The van der Waals surface area contributed by atoms with Crippen LogP contribution in [0.5, 0.6) is 0 Å². The summed E-state index contributed by atoms with van der Waals surface area (Å²) in [5.74, 6) is -0.510. The quantitative estimate of drug-likeness (QED) is 0.460. The molecule has 1 amide bonds. The third-order valence-electron chi connectivity index (χ3n) is 3.62. The zero-order valence-corrected chi connectivity index (χ0v) is 17.4. The molecule has 1 N–H and O–H groups in total. The first kappa shape index (κ1) is 19.3. The summed E-state index contributed by atoms with van der Waals surface area (Å²) in [5.41, 5.74) is 0.586. The molecule has 0 atom stereocenters. The van der Waals surface area contributed by atoms with Crippen LogP contribution in [0.3, 0.4) is 0 Å². The van der Waals surface area contributed by atoms with Crippen LogP contribution in [-0.4, -0.2) is 11.1 Å². The summed E-state index contributed by atoms with van der Waals surface area (Å²) in [6.07, 6.45) is 1.85. The highest BCUT2D eigenvalue weighted by atomic mass is 35.5. The highest BCUT2D eigenvalue weighted by molar-refractivity contribution is 8.18. The van der Waals surface area contributed by atoms with Gasteiger partial charge >= 0.3 is 0 Å². The number of hydrogen-bond acceptors (Lipinski definition) is 5. The standard InChI is InChI=1S/C20H12ClFN2OS3/c21-12-1-7-15(8-2-12)26-18-10-9-16(27-18)11-17-19(25)24-20(28-17)23-14-5-3-13(22)4-6-14/h1-11H,(H,23,24,25)/b17-11+. The predicted molar refractivity (Wildman–Crippen MR) is 117 cm³/mol. The first-order chi connectivity index (χ1) is 13.5. The predicted octanol–water partition coefficient (Wildman–Crippen LogP) is 6.58. The van der Waals surface area contributed by atoms with Gasteiger partial charge in [-0.25, -0.2) is 9.38 Å². The van der Waals surface area contributed by atoms with Crippen LogP contribution in [0.4, 0.5) is 10.1 Å². The van der Waals surface area contributed by atoms with Crippen molar-refractivity contribution in [2.24, 2.45) is 4.99 Å². The third-order valence-corrected chi connectivity index (χ3v) is 6.95. The maximum absolute atomic E-state index is 13.0. The maximum Gasteiger partial charge on any atom is 0.264 e. The lowest BCUT2D eigenvalue weighted by Gasteiger charge is -1.97. The Morgan fingerprint density at radius 2 is 1.79 bits per heavy atom. The molecule has 140 valence electrons. The second-order valence-electron chi connectivity index (χ2n) is 5.67. The normalized spacial score (nSPS) is 16.7. The summed E-state index contributed by atoms with van der Waals surface area (Å²) in [4.78, 5) is 19.2. The number of amidine groups is 1. The zero-order valence-electron chi connectivity index (χ0n) is 14.2.